The third kappa shape index (κ3) is 1.99. The molecule has 1 fully saturated rings. The summed E-state index contributed by atoms with van der Waals surface area (Å²) in [5.41, 5.74) is 1.31. The van der Waals surface area contributed by atoms with Crippen molar-refractivity contribution in [1.82, 2.24) is 0 Å². The van der Waals surface area contributed by atoms with Gasteiger partial charge < -0.3 is 4.74 Å². The summed E-state index contributed by atoms with van der Waals surface area (Å²) in [4.78, 5) is 0. The van der Waals surface area contributed by atoms with Gasteiger partial charge in [-0.25, -0.2) is 0 Å². The molecule has 0 N–H and O–H groups in total. The first-order valence-electron chi connectivity index (χ1n) is 5.05. The highest BCUT2D eigenvalue weighted by atomic mass is 19.3. The zero-order valence-corrected chi connectivity index (χ0v) is 8.84. The molecule has 1 aromatic rings. The van der Waals surface area contributed by atoms with Crippen LogP contribution in [-0.4, -0.2) is 6.61 Å². The van der Waals surface area contributed by atoms with Crippen molar-refractivity contribution in [3.05, 3.63) is 29.3 Å². The molecule has 84 valence electrons. The van der Waals surface area contributed by atoms with Crippen molar-refractivity contribution in [2.45, 2.75) is 31.8 Å². The Kier molecular flexibility index (Phi) is 2.55. The topological polar surface area (TPSA) is 33.0 Å². The Hall–Kier alpha value is -1.63. The third-order valence-electron chi connectivity index (χ3n) is 3.01. The lowest BCUT2D eigenvalue weighted by atomic mass is 9.96. The molecule has 0 heterocycles. The van der Waals surface area contributed by atoms with Crippen LogP contribution in [0.4, 0.5) is 8.78 Å². The zero-order chi connectivity index (χ0) is 11.8. The number of nitrogens with zero attached hydrogens (tertiary/aromatic N) is 1. The molecular formula is C12H11F2NO. The predicted octanol–water partition coefficient (Wildman–Crippen LogP) is 3.21. The molecule has 1 saturated carbocycles. The average molecular weight is 223 g/mol. The van der Waals surface area contributed by atoms with Crippen molar-refractivity contribution in [2.75, 3.05) is 0 Å². The largest absolute Gasteiger partial charge is 0.433 e. The molecule has 1 aliphatic rings. The number of halogens is 2. The summed E-state index contributed by atoms with van der Waals surface area (Å²) in [6.07, 6.45) is 2.15. The maximum atomic E-state index is 12.1. The predicted molar refractivity (Wildman–Crippen MR) is 54.4 cm³/mol. The molecule has 0 atom stereocenters. The Morgan fingerprint density at radius 1 is 1.44 bits per heavy atom. The van der Waals surface area contributed by atoms with Gasteiger partial charge in [0.1, 0.15) is 11.8 Å². The highest BCUT2D eigenvalue weighted by molar-refractivity contribution is 5.48. The molecule has 2 rings (SSSR count). The summed E-state index contributed by atoms with van der Waals surface area (Å²) in [7, 11) is 0. The van der Waals surface area contributed by atoms with Crippen LogP contribution in [0, 0.1) is 11.3 Å². The van der Waals surface area contributed by atoms with Gasteiger partial charge in [-0.05, 0) is 36.0 Å². The Morgan fingerprint density at radius 3 is 2.62 bits per heavy atom. The van der Waals surface area contributed by atoms with Gasteiger partial charge in [0, 0.05) is 0 Å². The zero-order valence-electron chi connectivity index (χ0n) is 8.84. The molecule has 2 nitrogen and oxygen atoms in total. The molecule has 1 aliphatic carbocycles. The van der Waals surface area contributed by atoms with Crippen molar-refractivity contribution < 1.29 is 13.5 Å². The summed E-state index contributed by atoms with van der Waals surface area (Å²) in [5.74, 6) is -0.0505. The molecule has 16 heavy (non-hydrogen) atoms. The van der Waals surface area contributed by atoms with Crippen molar-refractivity contribution in [3.8, 4) is 11.8 Å². The highest BCUT2D eigenvalue weighted by Gasteiger charge is 2.39. The Morgan fingerprint density at radius 2 is 2.12 bits per heavy atom. The van der Waals surface area contributed by atoms with Crippen molar-refractivity contribution in [3.63, 3.8) is 0 Å². The fraction of sp³-hybridized carbons (Fsp3) is 0.417. The fourth-order valence-corrected chi connectivity index (χ4v) is 1.67. The van der Waals surface area contributed by atoms with Gasteiger partial charge in [-0.2, -0.15) is 14.0 Å². The Balaban J connectivity index is 2.32. The molecule has 0 radical (unpaired) electrons. The molecule has 1 aromatic carbocycles. The molecule has 0 aromatic heterocycles. The third-order valence-corrected chi connectivity index (χ3v) is 3.01. The first kappa shape index (κ1) is 10.9. The lowest BCUT2D eigenvalue weighted by Crippen LogP contribution is -2.05. The summed E-state index contributed by atoms with van der Waals surface area (Å²) in [6, 6.07) is 6.73. The Labute approximate surface area is 92.5 Å². The van der Waals surface area contributed by atoms with Crippen LogP contribution in [0.3, 0.4) is 0 Å². The SMILES string of the molecule is CC1(c2ccc(OC(F)F)c(C#N)c2)CC1. The highest BCUT2D eigenvalue weighted by Crippen LogP contribution is 2.48. The van der Waals surface area contributed by atoms with Gasteiger partial charge in [0.15, 0.2) is 0 Å². The van der Waals surface area contributed by atoms with Gasteiger partial charge in [-0.1, -0.05) is 13.0 Å². The van der Waals surface area contributed by atoms with E-state index in [1.165, 1.54) is 6.07 Å². The summed E-state index contributed by atoms with van der Waals surface area (Å²) >= 11 is 0. The summed E-state index contributed by atoms with van der Waals surface area (Å²) < 4.78 is 28.4. The van der Waals surface area contributed by atoms with Crippen LogP contribution in [0.15, 0.2) is 18.2 Å². The number of benzene rings is 1. The quantitative estimate of drug-likeness (QED) is 0.788. The van der Waals surface area contributed by atoms with E-state index < -0.39 is 6.61 Å². The maximum absolute atomic E-state index is 12.1. The van der Waals surface area contributed by atoms with Crippen LogP contribution in [0.2, 0.25) is 0 Å². The lowest BCUT2D eigenvalue weighted by molar-refractivity contribution is -0.0500. The standard InChI is InChI=1S/C12H11F2NO/c1-12(4-5-12)9-2-3-10(16-11(13)14)8(6-9)7-15/h2-3,6,11H,4-5H2,1H3. The molecule has 0 amide bonds. The average Bonchev–Trinajstić information content (AvgIpc) is 2.97. The van der Waals surface area contributed by atoms with Crippen molar-refractivity contribution >= 4 is 0 Å². The second-order valence-electron chi connectivity index (χ2n) is 4.26. The first-order valence-corrected chi connectivity index (χ1v) is 5.05. The van der Waals surface area contributed by atoms with E-state index in [2.05, 4.69) is 11.7 Å². The molecule has 0 spiro atoms. The van der Waals surface area contributed by atoms with Crippen molar-refractivity contribution in [2.24, 2.45) is 0 Å². The minimum absolute atomic E-state index is 0.0505. The van der Waals surface area contributed by atoms with Gasteiger partial charge in [-0.3, -0.25) is 0 Å². The fourth-order valence-electron chi connectivity index (χ4n) is 1.67. The monoisotopic (exact) mass is 223 g/mol. The van der Waals surface area contributed by atoms with Crippen LogP contribution in [0.5, 0.6) is 5.75 Å². The normalized spacial score (nSPS) is 16.9. The van der Waals surface area contributed by atoms with E-state index in [-0.39, 0.29) is 16.7 Å². The first-order chi connectivity index (χ1) is 7.55. The minimum atomic E-state index is -2.89. The van der Waals surface area contributed by atoms with Gasteiger partial charge in [-0.15, -0.1) is 0 Å². The number of hydrogen-bond acceptors (Lipinski definition) is 2. The Bertz CT molecular complexity index is 447. The molecule has 0 aliphatic heterocycles. The number of ether oxygens (including phenoxy) is 1. The van der Waals surface area contributed by atoms with Crippen LogP contribution in [-0.2, 0) is 5.41 Å². The second kappa shape index (κ2) is 3.75. The minimum Gasteiger partial charge on any atom is -0.433 e. The van der Waals surface area contributed by atoms with E-state index in [4.69, 9.17) is 5.26 Å². The van der Waals surface area contributed by atoms with Gasteiger partial charge >= 0.3 is 6.61 Å². The van der Waals surface area contributed by atoms with Crippen molar-refractivity contribution in [1.29, 1.82) is 5.26 Å². The van der Waals surface area contributed by atoms with Crippen LogP contribution in [0.25, 0.3) is 0 Å². The van der Waals surface area contributed by atoms with Crippen LogP contribution in [0.1, 0.15) is 30.9 Å². The van der Waals surface area contributed by atoms with E-state index in [0.717, 1.165) is 18.4 Å². The number of alkyl halides is 2. The second-order valence-corrected chi connectivity index (χ2v) is 4.26. The van der Waals surface area contributed by atoms with E-state index in [1.54, 1.807) is 12.1 Å². The summed E-state index contributed by atoms with van der Waals surface area (Å²) in [6.45, 7) is -0.800. The molecule has 0 bridgehead atoms. The van der Waals surface area contributed by atoms with E-state index in [1.807, 2.05) is 6.07 Å². The smallest absolute Gasteiger partial charge is 0.387 e. The van der Waals surface area contributed by atoms with E-state index >= 15 is 0 Å². The van der Waals surface area contributed by atoms with Crippen LogP contribution >= 0.6 is 0 Å². The summed E-state index contributed by atoms with van der Waals surface area (Å²) in [5, 5.41) is 8.87. The lowest BCUT2D eigenvalue weighted by Gasteiger charge is -2.11. The van der Waals surface area contributed by atoms with E-state index in [0.29, 0.717) is 0 Å². The van der Waals surface area contributed by atoms with Crippen LogP contribution < -0.4 is 4.74 Å². The maximum Gasteiger partial charge on any atom is 0.387 e. The van der Waals surface area contributed by atoms with E-state index in [9.17, 15) is 8.78 Å². The number of rotatable bonds is 3. The van der Waals surface area contributed by atoms with Gasteiger partial charge in [0.2, 0.25) is 0 Å². The number of hydrogen-bond donors (Lipinski definition) is 0. The molecule has 0 unspecified atom stereocenters. The molecule has 4 heteroatoms. The molecule has 0 saturated heterocycles. The molecular weight excluding hydrogens is 212 g/mol. The number of nitriles is 1. The van der Waals surface area contributed by atoms with Gasteiger partial charge in [0.05, 0.1) is 5.56 Å². The van der Waals surface area contributed by atoms with Gasteiger partial charge in [0.25, 0.3) is 0 Å².